The fourth-order valence-electron chi connectivity index (χ4n) is 2.70. The lowest BCUT2D eigenvalue weighted by Crippen LogP contribution is -2.03. The van der Waals surface area contributed by atoms with E-state index in [4.69, 9.17) is 4.74 Å². The van der Waals surface area contributed by atoms with Crippen LogP contribution in [0.2, 0.25) is 0 Å². The number of hydrogen-bond donors (Lipinski definition) is 1. The molecule has 0 spiro atoms. The lowest BCUT2D eigenvalue weighted by molar-refractivity contribution is 0.100. The molecule has 2 bridgehead atoms. The van der Waals surface area contributed by atoms with E-state index in [1.54, 1.807) is 24.3 Å². The Bertz CT molecular complexity index is 1090. The molecule has 6 nitrogen and oxygen atoms in total. The van der Waals surface area contributed by atoms with Crippen molar-refractivity contribution in [1.82, 2.24) is 9.97 Å². The van der Waals surface area contributed by atoms with Gasteiger partial charge in [0.2, 0.25) is 0 Å². The second-order valence-electron chi connectivity index (χ2n) is 5.78. The Balaban J connectivity index is 1.85. The quantitative estimate of drug-likeness (QED) is 0.656. The zero-order valence-electron chi connectivity index (χ0n) is 14.4. The highest BCUT2D eigenvalue weighted by Gasteiger charge is 2.12. The summed E-state index contributed by atoms with van der Waals surface area (Å²) < 4.78 is 5.76. The summed E-state index contributed by atoms with van der Waals surface area (Å²) in [6.07, 6.45) is 10.2. The first-order chi connectivity index (χ1) is 13.3. The van der Waals surface area contributed by atoms with E-state index in [-0.39, 0.29) is 5.91 Å². The molecule has 0 saturated carbocycles. The first-order valence-corrected chi connectivity index (χ1v) is 8.45. The molecule has 2 heterocycles. The highest BCUT2D eigenvalue weighted by atomic mass is 16.5. The van der Waals surface area contributed by atoms with Crippen LogP contribution in [0.15, 0.2) is 78.1 Å². The number of nitrogens with one attached hydrogen (secondary N) is 1. The maximum Gasteiger partial charge on any atom is 0.279 e. The van der Waals surface area contributed by atoms with Crippen LogP contribution in [-0.4, -0.2) is 28.7 Å². The Morgan fingerprint density at radius 2 is 1.93 bits per heavy atom. The van der Waals surface area contributed by atoms with Crippen molar-refractivity contribution in [1.29, 1.82) is 0 Å². The van der Waals surface area contributed by atoms with Crippen LogP contribution in [0.25, 0.3) is 10.9 Å². The van der Waals surface area contributed by atoms with Gasteiger partial charge in [0, 0.05) is 11.6 Å². The number of ether oxygens (including phenoxy) is 1. The number of amides is 1. The van der Waals surface area contributed by atoms with Crippen LogP contribution in [0, 0.1) is 0 Å². The van der Waals surface area contributed by atoms with Gasteiger partial charge in [0.1, 0.15) is 24.5 Å². The molecule has 0 unspecified atom stereocenters. The summed E-state index contributed by atoms with van der Waals surface area (Å²) in [5, 5.41) is 4.04. The standard InChI is InChI=1S/C21H16N4O2/c26-21-16-7-3-4-8-19(16)25-20-17-13-15(9-10-18(17)23-14-24-20)27-12-6-2-1-5-11-22-21/h1-11,13-14H,12H2,(H,23,24,25)/b5-1-,6-2-,22-11?. The number of carbonyl (C=O) groups excluding carboxylic acids is 1. The molecule has 132 valence electrons. The second kappa shape index (κ2) is 7.61. The first-order valence-electron chi connectivity index (χ1n) is 8.45. The van der Waals surface area contributed by atoms with Crippen LogP contribution in [0.4, 0.5) is 11.5 Å². The molecule has 0 fully saturated rings. The number of nitrogens with zero attached hydrogens (tertiary/aromatic N) is 3. The smallest absolute Gasteiger partial charge is 0.279 e. The van der Waals surface area contributed by atoms with Gasteiger partial charge in [-0.15, -0.1) is 0 Å². The highest BCUT2D eigenvalue weighted by Crippen LogP contribution is 2.28. The number of aromatic nitrogens is 2. The minimum absolute atomic E-state index is 0.332. The maximum atomic E-state index is 12.5. The van der Waals surface area contributed by atoms with Crippen LogP contribution in [0.3, 0.4) is 0 Å². The van der Waals surface area contributed by atoms with Crippen molar-refractivity contribution < 1.29 is 9.53 Å². The molecule has 27 heavy (non-hydrogen) atoms. The van der Waals surface area contributed by atoms with Crippen molar-refractivity contribution in [2.45, 2.75) is 0 Å². The molecule has 1 amide bonds. The molecular formula is C21H16N4O2. The number of rotatable bonds is 0. The van der Waals surface area contributed by atoms with Crippen molar-refractivity contribution in [2.24, 2.45) is 4.99 Å². The number of allylic oxidation sites excluding steroid dienone is 3. The summed E-state index contributed by atoms with van der Waals surface area (Å²) in [6.45, 7) is 0.422. The van der Waals surface area contributed by atoms with Gasteiger partial charge in [0.25, 0.3) is 5.91 Å². The number of anilines is 2. The topological polar surface area (TPSA) is 76.5 Å². The predicted octanol–water partition coefficient (Wildman–Crippen LogP) is 4.09. The summed E-state index contributed by atoms with van der Waals surface area (Å²) in [5.74, 6) is 0.977. The Hall–Kier alpha value is -3.80. The van der Waals surface area contributed by atoms with Crippen molar-refractivity contribution in [3.8, 4) is 5.75 Å². The van der Waals surface area contributed by atoms with Crippen LogP contribution >= 0.6 is 0 Å². The van der Waals surface area contributed by atoms with E-state index in [9.17, 15) is 4.79 Å². The third-order valence-electron chi connectivity index (χ3n) is 4.00. The fourth-order valence-corrected chi connectivity index (χ4v) is 2.70. The van der Waals surface area contributed by atoms with Crippen LogP contribution in [0.5, 0.6) is 5.75 Å². The summed E-state index contributed by atoms with van der Waals surface area (Å²) in [4.78, 5) is 25.1. The van der Waals surface area contributed by atoms with Gasteiger partial charge < -0.3 is 10.1 Å². The second-order valence-corrected chi connectivity index (χ2v) is 5.78. The summed E-state index contributed by atoms with van der Waals surface area (Å²) >= 11 is 0. The van der Waals surface area contributed by atoms with Gasteiger partial charge in [-0.3, -0.25) is 4.79 Å². The van der Waals surface area contributed by atoms with Crippen LogP contribution in [0.1, 0.15) is 10.4 Å². The fraction of sp³-hybridized carbons (Fsp3) is 0.0476. The van der Waals surface area contributed by atoms with Crippen molar-refractivity contribution in [3.05, 3.63) is 78.7 Å². The number of benzene rings is 2. The Morgan fingerprint density at radius 1 is 1.00 bits per heavy atom. The first kappa shape index (κ1) is 16.7. The van der Waals surface area contributed by atoms with Crippen molar-refractivity contribution in [2.75, 3.05) is 11.9 Å². The molecular weight excluding hydrogens is 340 g/mol. The van der Waals surface area contributed by atoms with Gasteiger partial charge in [0.15, 0.2) is 0 Å². The van der Waals surface area contributed by atoms with Gasteiger partial charge in [-0.2, -0.15) is 0 Å². The van der Waals surface area contributed by atoms with Crippen LogP contribution < -0.4 is 10.1 Å². The molecule has 0 radical (unpaired) electrons. The molecule has 1 aromatic heterocycles. The van der Waals surface area contributed by atoms with E-state index in [0.717, 1.165) is 10.9 Å². The SMILES string of the molecule is O=C1N=C/C=C\C=C/COc2ccc3ncnc(c3c2)Nc2ccccc21. The highest BCUT2D eigenvalue weighted by molar-refractivity contribution is 6.05. The van der Waals surface area contributed by atoms with Crippen molar-refractivity contribution >= 4 is 34.5 Å². The molecule has 4 rings (SSSR count). The Morgan fingerprint density at radius 3 is 2.89 bits per heavy atom. The average Bonchev–Trinajstić information content (AvgIpc) is 2.70. The minimum atomic E-state index is -0.332. The molecule has 1 aliphatic heterocycles. The number of carbonyl (C=O) groups is 1. The zero-order chi connectivity index (χ0) is 18.5. The summed E-state index contributed by atoms with van der Waals surface area (Å²) in [6, 6.07) is 12.8. The number of aliphatic imine (C=N–C) groups is 1. The molecule has 2 aromatic carbocycles. The number of hydrogen-bond acceptors (Lipinski definition) is 5. The number of fused-ring (bicyclic) bond motifs is 2. The summed E-state index contributed by atoms with van der Waals surface area (Å²) in [7, 11) is 0. The van der Waals surface area contributed by atoms with Gasteiger partial charge in [-0.05, 0) is 42.5 Å². The molecule has 0 atom stereocenters. The van der Waals surface area contributed by atoms with Crippen LogP contribution in [-0.2, 0) is 0 Å². The van der Waals surface area contributed by atoms with Crippen molar-refractivity contribution in [3.63, 3.8) is 0 Å². The Labute approximate surface area is 155 Å². The maximum absolute atomic E-state index is 12.5. The third kappa shape index (κ3) is 3.74. The van der Waals surface area contributed by atoms with Gasteiger partial charge in [-0.1, -0.05) is 24.3 Å². The van der Waals surface area contributed by atoms with E-state index in [0.29, 0.717) is 29.4 Å². The van der Waals surface area contributed by atoms with Gasteiger partial charge in [0.05, 0.1) is 16.8 Å². The summed E-state index contributed by atoms with van der Waals surface area (Å²) in [5.41, 5.74) is 1.87. The molecule has 6 heteroatoms. The third-order valence-corrected chi connectivity index (χ3v) is 4.00. The van der Waals surface area contributed by atoms with E-state index in [1.165, 1.54) is 12.5 Å². The van der Waals surface area contributed by atoms with Gasteiger partial charge in [-0.25, -0.2) is 15.0 Å². The van der Waals surface area contributed by atoms with E-state index < -0.39 is 0 Å². The molecule has 1 aliphatic rings. The monoisotopic (exact) mass is 356 g/mol. The van der Waals surface area contributed by atoms with E-state index in [1.807, 2.05) is 42.5 Å². The minimum Gasteiger partial charge on any atom is -0.490 e. The largest absolute Gasteiger partial charge is 0.490 e. The normalized spacial score (nSPS) is 16.4. The molecule has 1 N–H and O–H groups in total. The van der Waals surface area contributed by atoms with E-state index >= 15 is 0 Å². The number of para-hydroxylation sites is 1. The molecule has 3 aromatic rings. The molecule has 0 aliphatic carbocycles. The van der Waals surface area contributed by atoms with E-state index in [2.05, 4.69) is 20.3 Å². The lowest BCUT2D eigenvalue weighted by atomic mass is 10.1. The lowest BCUT2D eigenvalue weighted by Gasteiger charge is -2.12. The van der Waals surface area contributed by atoms with Gasteiger partial charge >= 0.3 is 0 Å². The molecule has 0 saturated heterocycles. The predicted molar refractivity (Wildman–Crippen MR) is 106 cm³/mol. The average molecular weight is 356 g/mol. The zero-order valence-corrected chi connectivity index (χ0v) is 14.4. The Kier molecular flexibility index (Phi) is 4.70.